The van der Waals surface area contributed by atoms with E-state index < -0.39 is 12.1 Å². The minimum Gasteiger partial charge on any atom is -0.460 e. The van der Waals surface area contributed by atoms with E-state index in [1.165, 1.54) is 0 Å². The molecule has 1 atom stereocenters. The molecule has 0 amide bonds. The van der Waals surface area contributed by atoms with Gasteiger partial charge in [0.2, 0.25) is 0 Å². The highest BCUT2D eigenvalue weighted by molar-refractivity contribution is 5.88. The molecule has 0 aliphatic heterocycles. The van der Waals surface area contributed by atoms with Crippen molar-refractivity contribution in [1.82, 2.24) is 0 Å². The topological polar surface area (TPSA) is 46.5 Å². The molecule has 1 N–H and O–H groups in total. The summed E-state index contributed by atoms with van der Waals surface area (Å²) in [6.07, 6.45) is 1.54. The Bertz CT molecular complexity index is 430. The lowest BCUT2D eigenvalue weighted by Crippen LogP contribution is -2.17. The average Bonchev–Trinajstić information content (AvgIpc) is 2.36. The van der Waals surface area contributed by atoms with E-state index >= 15 is 0 Å². The fraction of sp³-hybridized carbons (Fsp3) is 0.267. The van der Waals surface area contributed by atoms with Crippen molar-refractivity contribution < 1.29 is 14.6 Å². The maximum Gasteiger partial charge on any atom is 0.333 e. The summed E-state index contributed by atoms with van der Waals surface area (Å²) in [6.45, 7) is 8.92. The molecule has 0 spiro atoms. The van der Waals surface area contributed by atoms with Crippen molar-refractivity contribution in [3.05, 3.63) is 54.1 Å². The molecular weight excluding hydrogens is 228 g/mol. The van der Waals surface area contributed by atoms with Gasteiger partial charge in [-0.25, -0.2) is 4.79 Å². The van der Waals surface area contributed by atoms with E-state index in [0.717, 1.165) is 11.1 Å². The first kappa shape index (κ1) is 14.2. The third-order valence-corrected chi connectivity index (χ3v) is 2.38. The van der Waals surface area contributed by atoms with Gasteiger partial charge in [0.15, 0.2) is 0 Å². The van der Waals surface area contributed by atoms with Crippen LogP contribution in [0.15, 0.2) is 43.0 Å². The number of ether oxygens (including phenoxy) is 1. The van der Waals surface area contributed by atoms with Crippen LogP contribution in [-0.2, 0) is 16.0 Å². The molecule has 96 valence electrons. The first-order valence-electron chi connectivity index (χ1n) is 5.77. The molecular formula is C15H18O3. The van der Waals surface area contributed by atoms with Gasteiger partial charge in [-0.3, -0.25) is 0 Å². The van der Waals surface area contributed by atoms with Gasteiger partial charge in [-0.1, -0.05) is 43.5 Å². The van der Waals surface area contributed by atoms with Crippen molar-refractivity contribution in [1.29, 1.82) is 0 Å². The first-order chi connectivity index (χ1) is 8.52. The molecule has 18 heavy (non-hydrogen) atoms. The van der Waals surface area contributed by atoms with Gasteiger partial charge in [0.1, 0.15) is 6.61 Å². The molecule has 0 saturated heterocycles. The van der Waals surface area contributed by atoms with E-state index in [-0.39, 0.29) is 6.61 Å². The third kappa shape index (κ3) is 4.55. The smallest absolute Gasteiger partial charge is 0.333 e. The Morgan fingerprint density at radius 1 is 1.44 bits per heavy atom. The Morgan fingerprint density at radius 3 is 2.56 bits per heavy atom. The zero-order valence-electron chi connectivity index (χ0n) is 10.6. The molecule has 1 aromatic rings. The van der Waals surface area contributed by atoms with Crippen LogP contribution in [0.1, 0.15) is 18.1 Å². The Kier molecular flexibility index (Phi) is 5.33. The largest absolute Gasteiger partial charge is 0.460 e. The summed E-state index contributed by atoms with van der Waals surface area (Å²) in [4.78, 5) is 11.5. The van der Waals surface area contributed by atoms with Crippen LogP contribution in [-0.4, -0.2) is 23.8 Å². The van der Waals surface area contributed by atoms with Gasteiger partial charge in [-0.05, 0) is 18.1 Å². The average molecular weight is 246 g/mol. The van der Waals surface area contributed by atoms with E-state index in [1.54, 1.807) is 13.0 Å². The van der Waals surface area contributed by atoms with E-state index in [4.69, 9.17) is 9.84 Å². The van der Waals surface area contributed by atoms with Crippen LogP contribution in [0.4, 0.5) is 0 Å². The lowest BCUT2D eigenvalue weighted by Gasteiger charge is -2.08. The molecule has 1 unspecified atom stereocenters. The summed E-state index contributed by atoms with van der Waals surface area (Å²) >= 11 is 0. The normalized spacial score (nSPS) is 11.7. The van der Waals surface area contributed by atoms with Gasteiger partial charge < -0.3 is 9.84 Å². The van der Waals surface area contributed by atoms with Crippen molar-refractivity contribution >= 4 is 12.0 Å². The van der Waals surface area contributed by atoms with Crippen LogP contribution in [0.5, 0.6) is 0 Å². The van der Waals surface area contributed by atoms with Gasteiger partial charge >= 0.3 is 5.97 Å². The van der Waals surface area contributed by atoms with E-state index in [9.17, 15) is 4.79 Å². The summed E-state index contributed by atoms with van der Waals surface area (Å²) in [5, 5.41) is 9.01. The zero-order chi connectivity index (χ0) is 13.5. The second kappa shape index (κ2) is 6.77. The minimum absolute atomic E-state index is 0.00669. The number of esters is 1. The second-order valence-corrected chi connectivity index (χ2v) is 4.17. The van der Waals surface area contributed by atoms with Crippen LogP contribution in [0, 0.1) is 0 Å². The fourth-order valence-electron chi connectivity index (χ4n) is 1.39. The highest BCUT2D eigenvalue weighted by atomic mass is 16.5. The maximum absolute atomic E-state index is 11.5. The number of benzene rings is 1. The molecule has 0 bridgehead atoms. The lowest BCUT2D eigenvalue weighted by atomic mass is 10.0. The van der Waals surface area contributed by atoms with Gasteiger partial charge in [0.25, 0.3) is 0 Å². The van der Waals surface area contributed by atoms with Crippen molar-refractivity contribution in [2.24, 2.45) is 0 Å². The molecule has 0 aromatic heterocycles. The standard InChI is InChI=1S/C15H18O3/c1-4-13-5-7-14(8-6-13)9-11(2)15(17)18-10-12(3)16/h4-8,12,16H,1-2,9-10H2,3H3. The Labute approximate surface area is 107 Å². The van der Waals surface area contributed by atoms with Crippen molar-refractivity contribution in [2.45, 2.75) is 19.4 Å². The van der Waals surface area contributed by atoms with Crippen molar-refractivity contribution in [3.8, 4) is 0 Å². The molecule has 1 rings (SSSR count). The van der Waals surface area contributed by atoms with Gasteiger partial charge in [0.05, 0.1) is 6.10 Å². The van der Waals surface area contributed by atoms with Gasteiger partial charge in [0, 0.05) is 12.0 Å². The highest BCUT2D eigenvalue weighted by Crippen LogP contribution is 2.10. The predicted molar refractivity (Wildman–Crippen MR) is 72.0 cm³/mol. The highest BCUT2D eigenvalue weighted by Gasteiger charge is 2.10. The molecule has 3 nitrogen and oxygen atoms in total. The molecule has 0 fully saturated rings. The third-order valence-electron chi connectivity index (χ3n) is 2.38. The quantitative estimate of drug-likeness (QED) is 0.619. The van der Waals surface area contributed by atoms with Crippen molar-refractivity contribution in [2.75, 3.05) is 6.61 Å². The van der Waals surface area contributed by atoms with Gasteiger partial charge in [-0.2, -0.15) is 0 Å². The summed E-state index contributed by atoms with van der Waals surface area (Å²) < 4.78 is 4.88. The SMILES string of the molecule is C=Cc1ccc(CC(=C)C(=O)OCC(C)O)cc1. The number of carbonyl (C=O) groups excluding carboxylic acids is 1. The van der Waals surface area contributed by atoms with Crippen LogP contribution < -0.4 is 0 Å². The Balaban J connectivity index is 2.52. The molecule has 3 heteroatoms. The molecule has 0 heterocycles. The van der Waals surface area contributed by atoms with Crippen LogP contribution in [0.25, 0.3) is 6.08 Å². The van der Waals surface area contributed by atoms with E-state index in [0.29, 0.717) is 12.0 Å². The Morgan fingerprint density at radius 2 is 2.06 bits per heavy atom. The Hall–Kier alpha value is -1.87. The minimum atomic E-state index is -0.659. The van der Waals surface area contributed by atoms with E-state index in [2.05, 4.69) is 13.2 Å². The number of aliphatic hydroxyl groups excluding tert-OH is 1. The lowest BCUT2D eigenvalue weighted by molar-refractivity contribution is -0.141. The molecule has 0 radical (unpaired) electrons. The first-order valence-corrected chi connectivity index (χ1v) is 5.77. The number of carbonyl (C=O) groups is 1. The molecule has 1 aromatic carbocycles. The van der Waals surface area contributed by atoms with Crippen LogP contribution in [0.2, 0.25) is 0 Å². The summed E-state index contributed by atoms with van der Waals surface area (Å²) in [5.41, 5.74) is 2.39. The number of aliphatic hydroxyl groups is 1. The summed E-state index contributed by atoms with van der Waals surface area (Å²) in [6, 6.07) is 7.70. The monoisotopic (exact) mass is 246 g/mol. The van der Waals surface area contributed by atoms with Crippen LogP contribution >= 0.6 is 0 Å². The van der Waals surface area contributed by atoms with Gasteiger partial charge in [-0.15, -0.1) is 0 Å². The maximum atomic E-state index is 11.5. The molecule has 0 aliphatic carbocycles. The molecule has 0 saturated carbocycles. The number of hydrogen-bond donors (Lipinski definition) is 1. The van der Waals surface area contributed by atoms with Crippen molar-refractivity contribution in [3.63, 3.8) is 0 Å². The predicted octanol–water partition coefficient (Wildman–Crippen LogP) is 2.35. The number of hydrogen-bond acceptors (Lipinski definition) is 3. The summed E-state index contributed by atoms with van der Waals surface area (Å²) in [5.74, 6) is -0.469. The van der Waals surface area contributed by atoms with Crippen LogP contribution in [0.3, 0.4) is 0 Å². The fourth-order valence-corrected chi connectivity index (χ4v) is 1.39. The summed E-state index contributed by atoms with van der Waals surface area (Å²) in [7, 11) is 0. The van der Waals surface area contributed by atoms with E-state index in [1.807, 2.05) is 24.3 Å². The second-order valence-electron chi connectivity index (χ2n) is 4.17. The number of rotatable bonds is 6. The zero-order valence-corrected chi connectivity index (χ0v) is 10.6. The molecule has 0 aliphatic rings.